The molecule has 0 radical (unpaired) electrons. The Morgan fingerprint density at radius 1 is 1.22 bits per heavy atom. The van der Waals surface area contributed by atoms with Gasteiger partial charge in [-0.25, -0.2) is 4.98 Å². The van der Waals surface area contributed by atoms with Gasteiger partial charge < -0.3 is 4.90 Å². The lowest BCUT2D eigenvalue weighted by Gasteiger charge is -2.20. The number of benzene rings is 2. The van der Waals surface area contributed by atoms with Gasteiger partial charge >= 0.3 is 0 Å². The van der Waals surface area contributed by atoms with E-state index >= 15 is 0 Å². The van der Waals surface area contributed by atoms with Gasteiger partial charge in [0.25, 0.3) is 5.91 Å². The van der Waals surface area contributed by atoms with E-state index in [1.54, 1.807) is 17.4 Å². The highest BCUT2D eigenvalue weighted by Gasteiger charge is 2.29. The first-order valence-corrected chi connectivity index (χ1v) is 8.49. The van der Waals surface area contributed by atoms with E-state index in [9.17, 15) is 4.79 Å². The van der Waals surface area contributed by atoms with Gasteiger partial charge in [0.2, 0.25) is 0 Å². The van der Waals surface area contributed by atoms with E-state index < -0.39 is 0 Å². The highest BCUT2D eigenvalue weighted by molar-refractivity contribution is 7.19. The average Bonchev–Trinajstić information content (AvgIpc) is 3.12. The first-order valence-electron chi connectivity index (χ1n) is 7.67. The quantitative estimate of drug-likeness (QED) is 0.660. The molecule has 0 aliphatic carbocycles. The Balaban J connectivity index is 1.60. The molecule has 3 nitrogen and oxygen atoms in total. The molecule has 1 atom stereocenters. The molecule has 0 saturated carbocycles. The van der Waals surface area contributed by atoms with Crippen LogP contribution in [0.2, 0.25) is 0 Å². The molecule has 3 aromatic rings. The van der Waals surface area contributed by atoms with Crippen LogP contribution in [0.3, 0.4) is 0 Å². The van der Waals surface area contributed by atoms with Crippen LogP contribution in [-0.4, -0.2) is 16.9 Å². The van der Waals surface area contributed by atoms with Gasteiger partial charge in [-0.1, -0.05) is 30.3 Å². The molecule has 4 heteroatoms. The number of amides is 1. The molecule has 4 rings (SSSR count). The number of rotatable bonds is 2. The van der Waals surface area contributed by atoms with Crippen LogP contribution < -0.4 is 4.90 Å². The lowest BCUT2D eigenvalue weighted by molar-refractivity contribution is -0.114. The first-order chi connectivity index (χ1) is 11.2. The van der Waals surface area contributed by atoms with Crippen molar-refractivity contribution in [3.05, 3.63) is 65.2 Å². The number of carbonyl (C=O) groups excluding carboxylic acids is 1. The normalized spacial score (nSPS) is 17.1. The lowest BCUT2D eigenvalue weighted by atomic mass is 10.1. The Morgan fingerprint density at radius 2 is 2.00 bits per heavy atom. The molecule has 1 aliphatic heterocycles. The summed E-state index contributed by atoms with van der Waals surface area (Å²) in [6.07, 6.45) is 4.37. The highest BCUT2D eigenvalue weighted by Crippen LogP contribution is 2.32. The maximum Gasteiger partial charge on any atom is 0.251 e. The van der Waals surface area contributed by atoms with Crippen molar-refractivity contribution in [1.29, 1.82) is 0 Å². The zero-order valence-corrected chi connectivity index (χ0v) is 13.6. The molecule has 0 spiro atoms. The fourth-order valence-electron chi connectivity index (χ4n) is 3.09. The minimum absolute atomic E-state index is 0.0155. The Kier molecular flexibility index (Phi) is 3.46. The molecule has 0 N–H and O–H groups in total. The van der Waals surface area contributed by atoms with E-state index in [1.807, 2.05) is 53.4 Å². The number of anilines is 1. The molecule has 1 aromatic heterocycles. The molecule has 23 heavy (non-hydrogen) atoms. The number of hydrogen-bond acceptors (Lipinski definition) is 3. The third-order valence-electron chi connectivity index (χ3n) is 4.12. The summed E-state index contributed by atoms with van der Waals surface area (Å²) < 4.78 is 1.14. The molecule has 1 amide bonds. The topological polar surface area (TPSA) is 33.2 Å². The standard InChI is InChI=1S/C19H16N2OS/c1-13-12-14-6-2-4-8-16(14)21(13)19(22)11-10-18-20-15-7-3-5-9-17(15)23-18/h2-11,13H,12H2,1H3. The number of fused-ring (bicyclic) bond motifs is 2. The Labute approximate surface area is 138 Å². The van der Waals surface area contributed by atoms with Crippen molar-refractivity contribution < 1.29 is 4.79 Å². The number of para-hydroxylation sites is 2. The highest BCUT2D eigenvalue weighted by atomic mass is 32.1. The Morgan fingerprint density at radius 3 is 2.87 bits per heavy atom. The van der Waals surface area contributed by atoms with Gasteiger partial charge in [0, 0.05) is 17.8 Å². The van der Waals surface area contributed by atoms with Crippen LogP contribution >= 0.6 is 11.3 Å². The number of carbonyl (C=O) groups is 1. The zero-order chi connectivity index (χ0) is 15.8. The van der Waals surface area contributed by atoms with Crippen LogP contribution in [0.25, 0.3) is 16.3 Å². The summed E-state index contributed by atoms with van der Waals surface area (Å²) >= 11 is 1.60. The fraction of sp³-hybridized carbons (Fsp3) is 0.158. The van der Waals surface area contributed by atoms with Crippen molar-refractivity contribution in [3.63, 3.8) is 0 Å². The van der Waals surface area contributed by atoms with E-state index in [4.69, 9.17) is 0 Å². The van der Waals surface area contributed by atoms with E-state index in [-0.39, 0.29) is 11.9 Å². The number of hydrogen-bond donors (Lipinski definition) is 0. The Hall–Kier alpha value is -2.46. The second kappa shape index (κ2) is 5.63. The van der Waals surface area contributed by atoms with Crippen LogP contribution in [0.4, 0.5) is 5.69 Å². The fourth-order valence-corrected chi connectivity index (χ4v) is 3.96. The average molecular weight is 320 g/mol. The molecule has 2 heterocycles. The van der Waals surface area contributed by atoms with Crippen molar-refractivity contribution in [2.24, 2.45) is 0 Å². The summed E-state index contributed by atoms with van der Waals surface area (Å²) in [5, 5.41) is 0.861. The summed E-state index contributed by atoms with van der Waals surface area (Å²) in [6, 6.07) is 16.3. The zero-order valence-electron chi connectivity index (χ0n) is 12.8. The SMILES string of the molecule is CC1Cc2ccccc2N1C(=O)C=Cc1nc2ccccc2s1. The maximum absolute atomic E-state index is 12.6. The lowest BCUT2D eigenvalue weighted by Crippen LogP contribution is -2.34. The van der Waals surface area contributed by atoms with Gasteiger partial charge in [-0.3, -0.25) is 4.79 Å². The predicted molar refractivity (Wildman–Crippen MR) is 95.7 cm³/mol. The van der Waals surface area contributed by atoms with Crippen molar-refractivity contribution in [2.45, 2.75) is 19.4 Å². The summed E-state index contributed by atoms with van der Waals surface area (Å²) in [6.45, 7) is 2.09. The minimum Gasteiger partial charge on any atom is -0.305 e. The van der Waals surface area contributed by atoms with Gasteiger partial charge in [-0.15, -0.1) is 11.3 Å². The summed E-state index contributed by atoms with van der Waals surface area (Å²) in [7, 11) is 0. The van der Waals surface area contributed by atoms with Crippen molar-refractivity contribution in [2.75, 3.05) is 4.90 Å². The van der Waals surface area contributed by atoms with Crippen molar-refractivity contribution >= 4 is 39.2 Å². The monoisotopic (exact) mass is 320 g/mol. The van der Waals surface area contributed by atoms with E-state index in [1.165, 1.54) is 5.56 Å². The molecular formula is C19H16N2OS. The summed E-state index contributed by atoms with van der Waals surface area (Å²) in [4.78, 5) is 19.0. The predicted octanol–water partition coefficient (Wildman–Crippen LogP) is 4.29. The first kappa shape index (κ1) is 14.2. The molecule has 0 bridgehead atoms. The number of nitrogens with zero attached hydrogens (tertiary/aromatic N) is 2. The number of aromatic nitrogens is 1. The van der Waals surface area contributed by atoms with Crippen LogP contribution in [0, 0.1) is 0 Å². The molecule has 1 aliphatic rings. The van der Waals surface area contributed by atoms with E-state index in [0.29, 0.717) is 0 Å². The molecule has 0 fully saturated rings. The second-order valence-electron chi connectivity index (χ2n) is 5.74. The molecule has 1 unspecified atom stereocenters. The van der Waals surface area contributed by atoms with Gasteiger partial charge in [-0.05, 0) is 43.2 Å². The van der Waals surface area contributed by atoms with Gasteiger partial charge in [0.15, 0.2) is 0 Å². The van der Waals surface area contributed by atoms with E-state index in [0.717, 1.165) is 27.3 Å². The van der Waals surface area contributed by atoms with Gasteiger partial charge in [0.1, 0.15) is 5.01 Å². The van der Waals surface area contributed by atoms with Crippen LogP contribution in [0.1, 0.15) is 17.5 Å². The summed E-state index contributed by atoms with van der Waals surface area (Å²) in [5.74, 6) is 0.0155. The van der Waals surface area contributed by atoms with Crippen LogP contribution in [0.5, 0.6) is 0 Å². The maximum atomic E-state index is 12.6. The number of thiazole rings is 1. The molecule has 2 aromatic carbocycles. The third-order valence-corrected chi connectivity index (χ3v) is 5.13. The minimum atomic E-state index is 0.0155. The largest absolute Gasteiger partial charge is 0.305 e. The third kappa shape index (κ3) is 2.55. The molecular weight excluding hydrogens is 304 g/mol. The second-order valence-corrected chi connectivity index (χ2v) is 6.81. The Bertz CT molecular complexity index is 879. The van der Waals surface area contributed by atoms with Gasteiger partial charge in [0.05, 0.1) is 10.2 Å². The van der Waals surface area contributed by atoms with E-state index in [2.05, 4.69) is 18.0 Å². The molecule has 0 saturated heterocycles. The van der Waals surface area contributed by atoms with Crippen LogP contribution in [0.15, 0.2) is 54.6 Å². The summed E-state index contributed by atoms with van der Waals surface area (Å²) in [5.41, 5.74) is 3.24. The van der Waals surface area contributed by atoms with Crippen molar-refractivity contribution in [3.8, 4) is 0 Å². The smallest absolute Gasteiger partial charge is 0.251 e. The van der Waals surface area contributed by atoms with Gasteiger partial charge in [-0.2, -0.15) is 0 Å². The van der Waals surface area contributed by atoms with Crippen molar-refractivity contribution in [1.82, 2.24) is 4.98 Å². The molecule has 114 valence electrons. The van der Waals surface area contributed by atoms with Crippen LogP contribution in [-0.2, 0) is 11.2 Å².